The summed E-state index contributed by atoms with van der Waals surface area (Å²) < 4.78 is 0. The molecule has 0 saturated heterocycles. The Morgan fingerprint density at radius 2 is 0.754 bits per heavy atom. The fourth-order valence-corrected chi connectivity index (χ4v) is 9.41. The van der Waals surface area contributed by atoms with Gasteiger partial charge in [-0.15, -0.1) is 0 Å². The molecule has 0 saturated carbocycles. The minimum atomic E-state index is -0.642. The van der Waals surface area contributed by atoms with Crippen molar-refractivity contribution in [3.05, 3.63) is 252 Å². The number of nitriles is 1. The van der Waals surface area contributed by atoms with Crippen LogP contribution in [0, 0.1) is 11.3 Å². The van der Waals surface area contributed by atoms with Crippen LogP contribution in [-0.2, 0) is 5.41 Å². The molecule has 0 atom stereocenters. The van der Waals surface area contributed by atoms with Gasteiger partial charge in [0.25, 0.3) is 0 Å². The molecule has 0 bridgehead atoms. The summed E-state index contributed by atoms with van der Waals surface area (Å²) in [5, 5.41) is 11.8. The van der Waals surface area contributed by atoms with Crippen molar-refractivity contribution >= 4 is 10.8 Å². The van der Waals surface area contributed by atoms with Crippen LogP contribution >= 0.6 is 0 Å². The van der Waals surface area contributed by atoms with Crippen molar-refractivity contribution in [1.82, 2.24) is 9.97 Å². The first-order chi connectivity index (χ1) is 30.2. The van der Waals surface area contributed by atoms with E-state index in [2.05, 4.69) is 194 Å². The second-order valence-corrected chi connectivity index (χ2v) is 15.6. The largest absolute Gasteiger partial charge is 0.228 e. The predicted molar refractivity (Wildman–Crippen MR) is 249 cm³/mol. The van der Waals surface area contributed by atoms with E-state index in [4.69, 9.17) is 9.97 Å². The molecule has 1 heterocycles. The molecule has 3 heteroatoms. The van der Waals surface area contributed by atoms with Crippen molar-refractivity contribution < 1.29 is 0 Å². The van der Waals surface area contributed by atoms with Crippen LogP contribution in [0.5, 0.6) is 0 Å². The summed E-state index contributed by atoms with van der Waals surface area (Å²) in [6, 6.07) is 81.8. The number of nitrogens with zero attached hydrogens (tertiary/aromatic N) is 3. The van der Waals surface area contributed by atoms with Crippen molar-refractivity contribution in [3.8, 4) is 73.4 Å². The Balaban J connectivity index is 1.14. The topological polar surface area (TPSA) is 49.6 Å². The minimum absolute atomic E-state index is 0.642. The molecule has 0 unspecified atom stereocenters. The number of benzene rings is 9. The Labute approximate surface area is 355 Å². The fraction of sp³-hybridized carbons (Fsp3) is 0.0172. The van der Waals surface area contributed by atoms with Gasteiger partial charge in [-0.25, -0.2) is 9.97 Å². The highest BCUT2D eigenvalue weighted by atomic mass is 14.9. The van der Waals surface area contributed by atoms with Gasteiger partial charge >= 0.3 is 0 Å². The van der Waals surface area contributed by atoms with Gasteiger partial charge in [-0.3, -0.25) is 0 Å². The second-order valence-electron chi connectivity index (χ2n) is 15.6. The number of fused-ring (bicyclic) bond motifs is 4. The van der Waals surface area contributed by atoms with Crippen LogP contribution in [0.15, 0.2) is 224 Å². The maximum absolute atomic E-state index is 9.45. The summed E-state index contributed by atoms with van der Waals surface area (Å²) in [6.45, 7) is 0. The molecule has 3 nitrogen and oxygen atoms in total. The smallest absolute Gasteiger partial charge is 0.160 e. The zero-order chi connectivity index (χ0) is 40.8. The van der Waals surface area contributed by atoms with Gasteiger partial charge in [0.2, 0.25) is 0 Å². The van der Waals surface area contributed by atoms with Gasteiger partial charge in [-0.2, -0.15) is 5.26 Å². The molecule has 1 aliphatic rings. The highest BCUT2D eigenvalue weighted by molar-refractivity contribution is 6.05. The third-order valence-electron chi connectivity index (χ3n) is 12.2. The standard InChI is InChI=1S/C58H37N3/c59-38-39-25-27-40(28-26-39)47-33-34-48(50-24-14-13-23-49(47)50)43-29-31-51-52-32-30-44(57-60-55(41-15-5-1-6-16-41)37-56(61-57)42-17-7-2-8-18-42)36-54(52)58(53(51)35-43,45-19-9-3-10-20-45)46-21-11-4-12-22-46/h1-37H. The van der Waals surface area contributed by atoms with Crippen molar-refractivity contribution in [1.29, 1.82) is 5.26 Å². The van der Waals surface area contributed by atoms with E-state index in [-0.39, 0.29) is 0 Å². The van der Waals surface area contributed by atoms with Crippen molar-refractivity contribution in [3.63, 3.8) is 0 Å². The SMILES string of the molecule is N#Cc1ccc(-c2ccc(-c3ccc4c(c3)C(c3ccccc3)(c3ccccc3)c3cc(-c5nc(-c6ccccc6)cc(-c6ccccc6)n5)ccc3-4)c3ccccc23)cc1. The number of rotatable bonds is 7. The third-order valence-corrected chi connectivity index (χ3v) is 12.2. The lowest BCUT2D eigenvalue weighted by Gasteiger charge is -2.34. The van der Waals surface area contributed by atoms with Gasteiger partial charge in [0.15, 0.2) is 5.82 Å². The fourth-order valence-electron chi connectivity index (χ4n) is 9.41. The highest BCUT2D eigenvalue weighted by Gasteiger charge is 2.46. The van der Waals surface area contributed by atoms with E-state index >= 15 is 0 Å². The Morgan fingerprint density at radius 1 is 0.344 bits per heavy atom. The average Bonchev–Trinajstić information content (AvgIpc) is 3.64. The first-order valence-electron chi connectivity index (χ1n) is 20.6. The maximum Gasteiger partial charge on any atom is 0.160 e. The van der Waals surface area contributed by atoms with Crippen LogP contribution in [0.4, 0.5) is 0 Å². The van der Waals surface area contributed by atoms with E-state index in [0.29, 0.717) is 11.4 Å². The van der Waals surface area contributed by atoms with E-state index in [0.717, 1.165) is 44.8 Å². The summed E-state index contributed by atoms with van der Waals surface area (Å²) >= 11 is 0. The van der Waals surface area contributed by atoms with Crippen LogP contribution in [0.25, 0.3) is 78.1 Å². The monoisotopic (exact) mass is 775 g/mol. The van der Waals surface area contributed by atoms with Crippen LogP contribution < -0.4 is 0 Å². The number of hydrogen-bond acceptors (Lipinski definition) is 3. The van der Waals surface area contributed by atoms with Gasteiger partial charge in [0, 0.05) is 16.7 Å². The number of hydrogen-bond donors (Lipinski definition) is 0. The average molecular weight is 776 g/mol. The summed E-state index contributed by atoms with van der Waals surface area (Å²) in [5.74, 6) is 0.684. The zero-order valence-corrected chi connectivity index (χ0v) is 33.2. The first-order valence-corrected chi connectivity index (χ1v) is 20.6. The summed E-state index contributed by atoms with van der Waals surface area (Å²) in [4.78, 5) is 10.5. The molecule has 0 aliphatic heterocycles. The lowest BCUT2D eigenvalue weighted by Crippen LogP contribution is -2.28. The normalized spacial score (nSPS) is 12.4. The van der Waals surface area contributed by atoms with Crippen molar-refractivity contribution in [2.24, 2.45) is 0 Å². The molecule has 0 amide bonds. The molecule has 9 aromatic carbocycles. The zero-order valence-electron chi connectivity index (χ0n) is 33.2. The summed E-state index contributed by atoms with van der Waals surface area (Å²) in [7, 11) is 0. The summed E-state index contributed by atoms with van der Waals surface area (Å²) in [6.07, 6.45) is 0. The van der Waals surface area contributed by atoms with Crippen molar-refractivity contribution in [2.75, 3.05) is 0 Å². The van der Waals surface area contributed by atoms with E-state index in [1.54, 1.807) is 0 Å². The lowest BCUT2D eigenvalue weighted by atomic mass is 9.67. The van der Waals surface area contributed by atoms with E-state index in [1.165, 1.54) is 49.7 Å². The molecule has 0 spiro atoms. The third kappa shape index (κ3) is 6.05. The predicted octanol–water partition coefficient (Wildman–Crippen LogP) is 14.2. The molecule has 1 aromatic heterocycles. The van der Waals surface area contributed by atoms with E-state index in [1.807, 2.05) is 36.4 Å². The highest BCUT2D eigenvalue weighted by Crippen LogP contribution is 2.57. The van der Waals surface area contributed by atoms with E-state index < -0.39 is 5.41 Å². The number of aromatic nitrogens is 2. The molecule has 0 N–H and O–H groups in total. The molecule has 0 fully saturated rings. The van der Waals surface area contributed by atoms with Crippen LogP contribution in [-0.4, -0.2) is 9.97 Å². The molecular formula is C58H37N3. The van der Waals surface area contributed by atoms with Crippen LogP contribution in [0.2, 0.25) is 0 Å². The molecule has 1 aliphatic carbocycles. The quantitative estimate of drug-likeness (QED) is 0.162. The second kappa shape index (κ2) is 14.9. The molecule has 0 radical (unpaired) electrons. The Morgan fingerprint density at radius 3 is 1.26 bits per heavy atom. The minimum Gasteiger partial charge on any atom is -0.228 e. The molecule has 11 rings (SSSR count). The maximum atomic E-state index is 9.45. The summed E-state index contributed by atoms with van der Waals surface area (Å²) in [5.41, 5.74) is 16.6. The molecule has 61 heavy (non-hydrogen) atoms. The Kier molecular flexibility index (Phi) is 8.77. The van der Waals surface area contributed by atoms with Gasteiger partial charge in [-0.1, -0.05) is 194 Å². The van der Waals surface area contributed by atoms with Crippen LogP contribution in [0.1, 0.15) is 27.8 Å². The molecule has 284 valence electrons. The first kappa shape index (κ1) is 35.9. The Hall–Kier alpha value is -8.19. The van der Waals surface area contributed by atoms with Gasteiger partial charge in [-0.05, 0) is 96.7 Å². The molecular weight excluding hydrogens is 739 g/mol. The Bertz CT molecular complexity index is 3180. The van der Waals surface area contributed by atoms with Gasteiger partial charge < -0.3 is 0 Å². The molecule has 10 aromatic rings. The van der Waals surface area contributed by atoms with E-state index in [9.17, 15) is 5.26 Å². The lowest BCUT2D eigenvalue weighted by molar-refractivity contribution is 0.769. The van der Waals surface area contributed by atoms with Crippen molar-refractivity contribution in [2.45, 2.75) is 5.41 Å². The van der Waals surface area contributed by atoms with Crippen LogP contribution in [0.3, 0.4) is 0 Å². The van der Waals surface area contributed by atoms with Gasteiger partial charge in [0.1, 0.15) is 0 Å². The van der Waals surface area contributed by atoms with Gasteiger partial charge in [0.05, 0.1) is 28.4 Å².